The Morgan fingerprint density at radius 3 is 2.50 bits per heavy atom. The standard InChI is InChI=1S/C8H4BrNO3.C8H13O2.K/c1-5-6(4-11)2-7(10(12)13)3-8(5)9;1-10-8(9)7-5-3-2-4-6-7;/h2-3H,1H2;2,7H,3-6H2,1H3;/q-2;-1;+1. The molecule has 1 fully saturated rings. The topological polar surface area (TPSA) is 86.5 Å². The maximum Gasteiger partial charge on any atom is 1.00 e. The van der Waals surface area contributed by atoms with Gasteiger partial charge in [0, 0.05) is 4.92 Å². The average molecular weight is 422 g/mol. The maximum absolute atomic E-state index is 10.9. The van der Waals surface area contributed by atoms with Crippen molar-refractivity contribution in [1.29, 1.82) is 0 Å². The van der Waals surface area contributed by atoms with Crippen LogP contribution in [0.4, 0.5) is 5.69 Å². The molecule has 0 saturated heterocycles. The smallest absolute Gasteiger partial charge is 0.469 e. The molecule has 2 rings (SSSR count). The number of nitro benzene ring substituents is 1. The van der Waals surface area contributed by atoms with Crippen molar-refractivity contribution in [1.82, 2.24) is 0 Å². The summed E-state index contributed by atoms with van der Waals surface area (Å²) in [6.45, 7) is 3.56. The van der Waals surface area contributed by atoms with Crippen molar-refractivity contribution in [2.24, 2.45) is 5.92 Å². The molecule has 1 aliphatic rings. The van der Waals surface area contributed by atoms with Crippen molar-refractivity contribution in [3.8, 4) is 0 Å². The number of benzene rings is 1. The predicted octanol–water partition coefficient (Wildman–Crippen LogP) is 0.555. The molecule has 24 heavy (non-hydrogen) atoms. The molecule has 0 aromatic heterocycles. The summed E-state index contributed by atoms with van der Waals surface area (Å²) >= 11 is 3.06. The Balaban J connectivity index is 0.000000436. The number of halogens is 1. The molecule has 1 saturated carbocycles. The number of hydrogen-bond acceptors (Lipinski definition) is 5. The van der Waals surface area contributed by atoms with Crippen LogP contribution in [0.3, 0.4) is 0 Å². The van der Waals surface area contributed by atoms with E-state index in [1.165, 1.54) is 13.2 Å². The van der Waals surface area contributed by atoms with Crippen molar-refractivity contribution in [3.05, 3.63) is 51.2 Å². The quantitative estimate of drug-likeness (QED) is 0.234. The van der Waals surface area contributed by atoms with E-state index in [-0.39, 0.29) is 74.5 Å². The molecule has 0 spiro atoms. The van der Waals surface area contributed by atoms with Crippen LogP contribution in [0.1, 0.15) is 36.8 Å². The number of carbonyl (C=O) groups is 1. The molecule has 0 unspecified atom stereocenters. The molecule has 0 bridgehead atoms. The molecular formula is C16H17BrKNO5-2. The number of esters is 1. The molecule has 0 radical (unpaired) electrons. The number of nitro groups is 1. The van der Waals surface area contributed by atoms with Crippen LogP contribution in [0.5, 0.6) is 0 Å². The van der Waals surface area contributed by atoms with Gasteiger partial charge in [-0.15, -0.1) is 26.5 Å². The zero-order valence-electron chi connectivity index (χ0n) is 13.7. The van der Waals surface area contributed by atoms with Gasteiger partial charge < -0.3 is 16.0 Å². The second-order valence-corrected chi connectivity index (χ2v) is 5.83. The second kappa shape index (κ2) is 12.2. The molecule has 0 heterocycles. The number of ether oxygens (including phenoxy) is 1. The van der Waals surface area contributed by atoms with Crippen LogP contribution in [0.2, 0.25) is 0 Å². The third-order valence-electron chi connectivity index (χ3n) is 3.47. The van der Waals surface area contributed by atoms with Gasteiger partial charge >= 0.3 is 57.4 Å². The van der Waals surface area contributed by atoms with E-state index in [0.29, 0.717) is 10.0 Å². The Morgan fingerprint density at radius 1 is 1.46 bits per heavy atom. The number of carbonyl (C=O) groups excluding carboxylic acids is 2. The van der Waals surface area contributed by atoms with Crippen LogP contribution in [0.15, 0.2) is 16.6 Å². The van der Waals surface area contributed by atoms with E-state index in [1.807, 2.05) is 0 Å². The summed E-state index contributed by atoms with van der Waals surface area (Å²) in [4.78, 5) is 31.1. The first kappa shape index (κ1) is 23.7. The molecule has 126 valence electrons. The summed E-state index contributed by atoms with van der Waals surface area (Å²) in [6, 6.07) is 2.43. The van der Waals surface area contributed by atoms with Crippen LogP contribution >= 0.6 is 15.9 Å². The first-order chi connectivity index (χ1) is 10.9. The Hall–Kier alpha value is -0.254. The Kier molecular flexibility index (Phi) is 12.0. The van der Waals surface area contributed by atoms with Crippen LogP contribution < -0.4 is 51.4 Å². The van der Waals surface area contributed by atoms with Gasteiger partial charge in [-0.05, 0) is 6.29 Å². The summed E-state index contributed by atoms with van der Waals surface area (Å²) in [5.41, 5.74) is 0.347. The van der Waals surface area contributed by atoms with E-state index in [2.05, 4.69) is 34.0 Å². The first-order valence-electron chi connectivity index (χ1n) is 6.98. The fourth-order valence-electron chi connectivity index (χ4n) is 2.15. The Morgan fingerprint density at radius 2 is 2.04 bits per heavy atom. The van der Waals surface area contributed by atoms with Gasteiger partial charge in [-0.3, -0.25) is 27.4 Å². The summed E-state index contributed by atoms with van der Waals surface area (Å²) in [6.07, 6.45) is 7.92. The van der Waals surface area contributed by atoms with Crippen LogP contribution in [0, 0.1) is 29.4 Å². The Labute approximate surface area is 192 Å². The molecule has 6 nitrogen and oxygen atoms in total. The SMILES string of the molecule is COC(=O)C1CC[CH-]CC1.[CH2-]c1c(Br)cc([N+](=O)[O-])cc1[C-]=O.[K+]. The van der Waals surface area contributed by atoms with Gasteiger partial charge in [-0.25, -0.2) is 5.56 Å². The van der Waals surface area contributed by atoms with E-state index < -0.39 is 4.92 Å². The van der Waals surface area contributed by atoms with E-state index >= 15 is 0 Å². The molecule has 1 aliphatic carbocycles. The summed E-state index contributed by atoms with van der Waals surface area (Å²) < 4.78 is 5.07. The van der Waals surface area contributed by atoms with Gasteiger partial charge in [-0.2, -0.15) is 12.8 Å². The molecule has 0 aliphatic heterocycles. The van der Waals surface area contributed by atoms with Gasteiger partial charge in [0.15, 0.2) is 5.69 Å². The third kappa shape index (κ3) is 7.32. The van der Waals surface area contributed by atoms with Crippen molar-refractivity contribution < 1.29 is 70.6 Å². The fourth-order valence-corrected chi connectivity index (χ4v) is 2.60. The molecule has 1 aromatic rings. The monoisotopic (exact) mass is 421 g/mol. The minimum atomic E-state index is -0.578. The van der Waals surface area contributed by atoms with Gasteiger partial charge in [0.2, 0.25) is 0 Å². The van der Waals surface area contributed by atoms with Gasteiger partial charge in [-0.1, -0.05) is 18.9 Å². The minimum Gasteiger partial charge on any atom is -0.469 e. The summed E-state index contributed by atoms with van der Waals surface area (Å²) in [5.74, 6) is 0.142. The van der Waals surface area contributed by atoms with Crippen LogP contribution in [0.25, 0.3) is 0 Å². The molecule has 1 aromatic carbocycles. The van der Waals surface area contributed by atoms with E-state index in [4.69, 9.17) is 0 Å². The molecule has 0 amide bonds. The molecular weight excluding hydrogens is 405 g/mol. The van der Waals surface area contributed by atoms with Gasteiger partial charge in [0.25, 0.3) is 0 Å². The summed E-state index contributed by atoms with van der Waals surface area (Å²) in [7, 11) is 1.46. The van der Waals surface area contributed by atoms with Crippen molar-refractivity contribution in [2.45, 2.75) is 25.7 Å². The average Bonchev–Trinajstić information content (AvgIpc) is 2.57. The zero-order valence-corrected chi connectivity index (χ0v) is 18.4. The van der Waals surface area contributed by atoms with Crippen molar-refractivity contribution in [3.63, 3.8) is 0 Å². The number of nitrogens with zero attached hydrogens (tertiary/aromatic N) is 1. The van der Waals surface area contributed by atoms with Gasteiger partial charge in [0.05, 0.1) is 13.0 Å². The van der Waals surface area contributed by atoms with Crippen molar-refractivity contribution in [2.75, 3.05) is 7.11 Å². The second-order valence-electron chi connectivity index (χ2n) is 4.98. The largest absolute Gasteiger partial charge is 1.00 e. The minimum absolute atomic E-state index is 0. The number of rotatable bonds is 3. The summed E-state index contributed by atoms with van der Waals surface area (Å²) in [5, 5.41) is 10.4. The van der Waals surface area contributed by atoms with E-state index in [1.54, 1.807) is 6.29 Å². The van der Waals surface area contributed by atoms with Crippen LogP contribution in [-0.4, -0.2) is 24.3 Å². The number of methoxy groups -OCH3 is 1. The molecule has 0 N–H and O–H groups in total. The predicted molar refractivity (Wildman–Crippen MR) is 88.3 cm³/mol. The van der Waals surface area contributed by atoms with E-state index in [0.717, 1.165) is 31.7 Å². The fraction of sp³-hybridized carbons (Fsp3) is 0.375. The third-order valence-corrected chi connectivity index (χ3v) is 4.18. The van der Waals surface area contributed by atoms with E-state index in [9.17, 15) is 19.7 Å². The zero-order chi connectivity index (χ0) is 17.4. The first-order valence-corrected chi connectivity index (χ1v) is 7.77. The molecule has 0 atom stereocenters. The van der Waals surface area contributed by atoms with Crippen molar-refractivity contribution >= 4 is 33.9 Å². The van der Waals surface area contributed by atoms with Gasteiger partial charge in [0.1, 0.15) is 0 Å². The Bertz CT molecular complexity index is 588. The normalized spacial score (nSPS) is 13.8. The number of non-ortho nitro benzene ring substituents is 1. The molecule has 8 heteroatoms. The van der Waals surface area contributed by atoms with Crippen LogP contribution in [-0.2, 0) is 14.3 Å². The number of hydrogen-bond donors (Lipinski definition) is 0. The maximum atomic E-state index is 10.9.